The monoisotopic (exact) mass is 370 g/mol. The molecule has 0 spiro atoms. The van der Waals surface area contributed by atoms with Crippen molar-refractivity contribution in [2.45, 2.75) is 6.92 Å². The number of nitrogens with zero attached hydrogens (tertiary/aromatic N) is 2. The van der Waals surface area contributed by atoms with Crippen LogP contribution in [0.4, 0.5) is 5.13 Å². The Morgan fingerprint density at radius 2 is 1.92 bits per heavy atom. The highest BCUT2D eigenvalue weighted by Crippen LogP contribution is 2.32. The van der Waals surface area contributed by atoms with Crippen molar-refractivity contribution < 1.29 is 14.4 Å². The molecule has 0 saturated heterocycles. The van der Waals surface area contributed by atoms with Crippen molar-refractivity contribution in [3.8, 4) is 5.75 Å². The second-order valence-electron chi connectivity index (χ2n) is 6.61. The number of hydrogen-bond donors (Lipinski definition) is 1. The largest absolute Gasteiger partial charge is 0.497 e. The Hall–Kier alpha value is -2.44. The number of likely N-dealkylation sites (N-methyl/N-ethyl adjacent to an activating group) is 1. The van der Waals surface area contributed by atoms with Crippen molar-refractivity contribution in [2.24, 2.45) is 0 Å². The molecule has 0 saturated carbocycles. The molecule has 3 rings (SSSR count). The lowest BCUT2D eigenvalue weighted by molar-refractivity contribution is -0.856. The van der Waals surface area contributed by atoms with Gasteiger partial charge < -0.3 is 9.64 Å². The van der Waals surface area contributed by atoms with E-state index in [-0.39, 0.29) is 5.91 Å². The van der Waals surface area contributed by atoms with E-state index >= 15 is 0 Å². The van der Waals surface area contributed by atoms with Gasteiger partial charge in [0.05, 0.1) is 44.5 Å². The van der Waals surface area contributed by atoms with Crippen LogP contribution in [0.5, 0.6) is 5.75 Å². The lowest BCUT2D eigenvalue weighted by atomic mass is 10.1. The fourth-order valence-corrected chi connectivity index (χ4v) is 3.63. The molecule has 6 heteroatoms. The summed E-state index contributed by atoms with van der Waals surface area (Å²) in [5, 5.41) is 0.722. The number of fused-ring (bicyclic) bond motifs is 1. The Bertz CT molecular complexity index is 903. The zero-order valence-electron chi connectivity index (χ0n) is 15.6. The fourth-order valence-electron chi connectivity index (χ4n) is 2.61. The minimum atomic E-state index is -0.0164. The molecule has 1 aromatic heterocycles. The highest BCUT2D eigenvalue weighted by Gasteiger charge is 2.22. The van der Waals surface area contributed by atoms with Crippen molar-refractivity contribution in [1.29, 1.82) is 0 Å². The van der Waals surface area contributed by atoms with Gasteiger partial charge in [-0.3, -0.25) is 9.69 Å². The van der Waals surface area contributed by atoms with Crippen LogP contribution in [0.15, 0.2) is 42.5 Å². The first kappa shape index (κ1) is 18.4. The van der Waals surface area contributed by atoms with E-state index in [1.165, 1.54) is 16.2 Å². The quantitative estimate of drug-likeness (QED) is 0.725. The number of amides is 1. The molecule has 3 aromatic rings. The molecule has 0 fully saturated rings. The van der Waals surface area contributed by atoms with Gasteiger partial charge in [0, 0.05) is 5.56 Å². The number of aromatic nitrogens is 1. The number of rotatable bonds is 6. The second-order valence-corrected chi connectivity index (χ2v) is 7.62. The van der Waals surface area contributed by atoms with Crippen molar-refractivity contribution >= 4 is 32.6 Å². The van der Waals surface area contributed by atoms with E-state index < -0.39 is 0 Å². The van der Waals surface area contributed by atoms with Crippen LogP contribution in [0.3, 0.4) is 0 Å². The van der Waals surface area contributed by atoms with Crippen LogP contribution in [0, 0.1) is 6.92 Å². The van der Waals surface area contributed by atoms with Gasteiger partial charge in [0.1, 0.15) is 5.75 Å². The molecule has 1 heterocycles. The van der Waals surface area contributed by atoms with Gasteiger partial charge in [-0.2, -0.15) is 0 Å². The number of carbonyl (C=O) groups is 1. The smallest absolute Gasteiger partial charge is 0.260 e. The number of nitrogens with one attached hydrogen (secondary N) is 1. The summed E-state index contributed by atoms with van der Waals surface area (Å²) in [6, 6.07) is 13.5. The summed E-state index contributed by atoms with van der Waals surface area (Å²) in [5.74, 6) is 0.777. The lowest BCUT2D eigenvalue weighted by Crippen LogP contribution is -3.06. The molecule has 1 amide bonds. The molecular weight excluding hydrogens is 346 g/mol. The lowest BCUT2D eigenvalue weighted by Gasteiger charge is -2.20. The van der Waals surface area contributed by atoms with E-state index in [0.29, 0.717) is 12.1 Å². The van der Waals surface area contributed by atoms with Crippen LogP contribution >= 0.6 is 11.3 Å². The maximum atomic E-state index is 13.1. The molecular formula is C20H24N3O2S+. The summed E-state index contributed by atoms with van der Waals surface area (Å²) in [6.45, 7) is 3.48. The zero-order chi connectivity index (χ0) is 18.7. The number of hydrogen-bond acceptors (Lipinski definition) is 4. The number of benzene rings is 2. The minimum Gasteiger partial charge on any atom is -0.497 e. The van der Waals surface area contributed by atoms with Gasteiger partial charge in [-0.1, -0.05) is 29.0 Å². The third-order valence-electron chi connectivity index (χ3n) is 4.19. The van der Waals surface area contributed by atoms with Crippen LogP contribution in [0.2, 0.25) is 0 Å². The van der Waals surface area contributed by atoms with Crippen molar-refractivity contribution in [1.82, 2.24) is 4.98 Å². The number of ether oxygens (including phenoxy) is 1. The molecule has 2 aromatic carbocycles. The first-order valence-electron chi connectivity index (χ1n) is 8.60. The summed E-state index contributed by atoms with van der Waals surface area (Å²) in [7, 11) is 5.81. The van der Waals surface area contributed by atoms with Crippen LogP contribution in [0.1, 0.15) is 15.9 Å². The molecule has 0 radical (unpaired) electrons. The topological polar surface area (TPSA) is 46.9 Å². The molecule has 0 aliphatic carbocycles. The fraction of sp³-hybridized carbons (Fsp3) is 0.300. The summed E-state index contributed by atoms with van der Waals surface area (Å²) in [4.78, 5) is 20.9. The van der Waals surface area contributed by atoms with Crippen molar-refractivity contribution in [3.63, 3.8) is 0 Å². The van der Waals surface area contributed by atoms with Gasteiger partial charge in [-0.15, -0.1) is 0 Å². The Morgan fingerprint density at radius 1 is 1.19 bits per heavy atom. The maximum absolute atomic E-state index is 13.1. The number of aryl methyl sites for hydroxylation is 1. The summed E-state index contributed by atoms with van der Waals surface area (Å²) in [5.41, 5.74) is 2.70. The number of thiazole rings is 1. The molecule has 1 N–H and O–H groups in total. The standard InChI is InChI=1S/C20H23N3O2S/c1-14-5-7-15(8-6-14)19(24)23(12-11-22(2)3)20-21-17-10-9-16(25-4)13-18(17)26-20/h5-10,13H,11-12H2,1-4H3/p+1. The number of quaternary nitrogens is 1. The van der Waals surface area contributed by atoms with Crippen molar-refractivity contribution in [3.05, 3.63) is 53.6 Å². The van der Waals surface area contributed by atoms with Gasteiger partial charge in [0.15, 0.2) is 5.13 Å². The average Bonchev–Trinajstić information content (AvgIpc) is 3.04. The van der Waals surface area contributed by atoms with Gasteiger partial charge in [0.25, 0.3) is 5.91 Å². The molecule has 0 bridgehead atoms. The molecule has 0 aliphatic heterocycles. The van der Waals surface area contributed by atoms with E-state index in [4.69, 9.17) is 4.74 Å². The van der Waals surface area contributed by atoms with E-state index in [9.17, 15) is 4.79 Å². The summed E-state index contributed by atoms with van der Waals surface area (Å²) in [6.07, 6.45) is 0. The van der Waals surface area contributed by atoms with Gasteiger partial charge in [-0.25, -0.2) is 4.98 Å². The highest BCUT2D eigenvalue weighted by molar-refractivity contribution is 7.22. The Balaban J connectivity index is 1.97. The number of anilines is 1. The van der Waals surface area contributed by atoms with E-state index in [1.54, 1.807) is 12.0 Å². The first-order chi connectivity index (χ1) is 12.5. The Kier molecular flexibility index (Phi) is 5.54. The maximum Gasteiger partial charge on any atom is 0.260 e. The number of carbonyl (C=O) groups excluding carboxylic acids is 1. The van der Waals surface area contributed by atoms with E-state index in [1.807, 2.05) is 49.4 Å². The first-order valence-corrected chi connectivity index (χ1v) is 9.41. The highest BCUT2D eigenvalue weighted by atomic mass is 32.1. The predicted octanol–water partition coefficient (Wildman–Crippen LogP) is 2.40. The third kappa shape index (κ3) is 4.03. The SMILES string of the molecule is COc1ccc2nc(N(CC[NH+](C)C)C(=O)c3ccc(C)cc3)sc2c1. The normalized spacial score (nSPS) is 11.1. The molecule has 0 unspecified atom stereocenters. The number of methoxy groups -OCH3 is 1. The Morgan fingerprint density at radius 3 is 2.58 bits per heavy atom. The average molecular weight is 370 g/mol. The minimum absolute atomic E-state index is 0.0164. The third-order valence-corrected chi connectivity index (χ3v) is 5.24. The second kappa shape index (κ2) is 7.85. The van der Waals surface area contributed by atoms with Crippen molar-refractivity contribution in [2.75, 3.05) is 39.2 Å². The molecule has 26 heavy (non-hydrogen) atoms. The van der Waals surface area contributed by atoms with Gasteiger partial charge in [-0.05, 0) is 37.3 Å². The molecule has 0 aliphatic rings. The zero-order valence-corrected chi connectivity index (χ0v) is 16.4. The van der Waals surface area contributed by atoms with Crippen LogP contribution in [-0.4, -0.2) is 45.2 Å². The van der Waals surface area contributed by atoms with Gasteiger partial charge >= 0.3 is 0 Å². The van der Waals surface area contributed by atoms with Crippen LogP contribution < -0.4 is 14.5 Å². The molecule has 0 atom stereocenters. The predicted molar refractivity (Wildman–Crippen MR) is 107 cm³/mol. The molecule has 5 nitrogen and oxygen atoms in total. The Labute approximate surface area is 157 Å². The van der Waals surface area contributed by atoms with Gasteiger partial charge in [0.2, 0.25) is 0 Å². The van der Waals surface area contributed by atoms with E-state index in [0.717, 1.165) is 33.2 Å². The summed E-state index contributed by atoms with van der Waals surface area (Å²) >= 11 is 1.52. The summed E-state index contributed by atoms with van der Waals surface area (Å²) < 4.78 is 6.31. The van der Waals surface area contributed by atoms with E-state index in [2.05, 4.69) is 19.1 Å². The van der Waals surface area contributed by atoms with Crippen LogP contribution in [-0.2, 0) is 0 Å². The molecule has 136 valence electrons. The van der Waals surface area contributed by atoms with Crippen LogP contribution in [0.25, 0.3) is 10.2 Å².